The summed E-state index contributed by atoms with van der Waals surface area (Å²) in [7, 11) is 2.07. The third kappa shape index (κ3) is 2.21. The van der Waals surface area contributed by atoms with E-state index in [2.05, 4.69) is 24.9 Å². The number of hydrogen-bond acceptors (Lipinski definition) is 4. The molecule has 4 nitrogen and oxygen atoms in total. The zero-order chi connectivity index (χ0) is 15.1. The molecule has 21 heavy (non-hydrogen) atoms. The number of nitriles is 1. The Morgan fingerprint density at radius 2 is 2.19 bits per heavy atom. The number of ether oxygens (including phenoxy) is 1. The van der Waals surface area contributed by atoms with Crippen LogP contribution >= 0.6 is 0 Å². The van der Waals surface area contributed by atoms with Gasteiger partial charge in [0, 0.05) is 19.0 Å². The minimum Gasteiger partial charge on any atom is -0.492 e. The monoisotopic (exact) mass is 286 g/mol. The fourth-order valence-corrected chi connectivity index (χ4v) is 3.61. The Hall–Kier alpha value is -1.57. The molecule has 0 aliphatic carbocycles. The second kappa shape index (κ2) is 5.01. The molecule has 3 rings (SSSR count). The van der Waals surface area contributed by atoms with Crippen LogP contribution in [0.5, 0.6) is 5.75 Å². The normalized spacial score (nSPS) is 36.4. The summed E-state index contributed by atoms with van der Waals surface area (Å²) in [6.45, 7) is 3.18. The number of piperidine rings is 1. The standard InChI is InChI=1S/C17H22N2O2/c1-13-9-17(20,7-8-19(13)2)16(11-18)10-14-5-3-4-6-15(14)21-12-16/h3-6,13,20H,7-10,12H2,1-2H3. The van der Waals surface area contributed by atoms with Crippen LogP contribution < -0.4 is 4.74 Å². The minimum atomic E-state index is -0.985. The number of para-hydroxylation sites is 1. The Kier molecular flexibility index (Phi) is 3.43. The van der Waals surface area contributed by atoms with Crippen molar-refractivity contribution in [3.05, 3.63) is 29.8 Å². The maximum absolute atomic E-state index is 11.2. The number of aliphatic hydroxyl groups is 1. The van der Waals surface area contributed by atoms with Crippen LogP contribution in [0.15, 0.2) is 24.3 Å². The second-order valence-electron chi connectivity index (χ2n) is 6.58. The van der Waals surface area contributed by atoms with Crippen LogP contribution in [0.4, 0.5) is 0 Å². The number of hydrogen-bond donors (Lipinski definition) is 1. The Bertz CT molecular complexity index is 582. The lowest BCUT2D eigenvalue weighted by Crippen LogP contribution is -2.60. The molecule has 0 saturated carbocycles. The molecule has 4 heteroatoms. The van der Waals surface area contributed by atoms with Gasteiger partial charge in [0.2, 0.25) is 0 Å². The molecule has 3 unspecified atom stereocenters. The molecule has 3 atom stereocenters. The van der Waals surface area contributed by atoms with Crippen LogP contribution in [0.3, 0.4) is 0 Å². The summed E-state index contributed by atoms with van der Waals surface area (Å²) in [5.74, 6) is 0.841. The highest BCUT2D eigenvalue weighted by atomic mass is 16.5. The van der Waals surface area contributed by atoms with Gasteiger partial charge in [0.1, 0.15) is 17.8 Å². The molecule has 0 spiro atoms. The van der Waals surface area contributed by atoms with Crippen LogP contribution in [0, 0.1) is 16.7 Å². The highest BCUT2D eigenvalue weighted by Crippen LogP contribution is 2.47. The second-order valence-corrected chi connectivity index (χ2v) is 6.58. The molecule has 0 bridgehead atoms. The van der Waals surface area contributed by atoms with Gasteiger partial charge < -0.3 is 14.7 Å². The third-order valence-corrected chi connectivity index (χ3v) is 5.31. The van der Waals surface area contributed by atoms with Gasteiger partial charge in [0.15, 0.2) is 0 Å². The molecule has 1 N–H and O–H groups in total. The van der Waals surface area contributed by atoms with Crippen molar-refractivity contribution in [2.45, 2.75) is 37.8 Å². The fraction of sp³-hybridized carbons (Fsp3) is 0.588. The van der Waals surface area contributed by atoms with E-state index in [1.807, 2.05) is 24.3 Å². The topological polar surface area (TPSA) is 56.5 Å². The molecular weight excluding hydrogens is 264 g/mol. The summed E-state index contributed by atoms with van der Waals surface area (Å²) < 4.78 is 5.81. The van der Waals surface area contributed by atoms with E-state index in [-0.39, 0.29) is 12.6 Å². The first-order chi connectivity index (χ1) is 10.00. The number of fused-ring (bicyclic) bond motifs is 1. The minimum absolute atomic E-state index is 0.270. The van der Waals surface area contributed by atoms with Gasteiger partial charge in [-0.3, -0.25) is 0 Å². The molecule has 0 radical (unpaired) electrons. The van der Waals surface area contributed by atoms with Gasteiger partial charge in [-0.05, 0) is 38.4 Å². The van der Waals surface area contributed by atoms with E-state index in [1.54, 1.807) is 0 Å². The quantitative estimate of drug-likeness (QED) is 0.857. The number of benzene rings is 1. The maximum Gasteiger partial charge on any atom is 0.124 e. The van der Waals surface area contributed by atoms with Crippen molar-refractivity contribution < 1.29 is 9.84 Å². The molecule has 1 saturated heterocycles. The molecular formula is C17H22N2O2. The van der Waals surface area contributed by atoms with Crippen molar-refractivity contribution in [1.29, 1.82) is 5.26 Å². The largest absolute Gasteiger partial charge is 0.492 e. The summed E-state index contributed by atoms with van der Waals surface area (Å²) >= 11 is 0. The van der Waals surface area contributed by atoms with E-state index >= 15 is 0 Å². The first-order valence-electron chi connectivity index (χ1n) is 7.54. The summed E-state index contributed by atoms with van der Waals surface area (Å²) in [6.07, 6.45) is 1.79. The fourth-order valence-electron chi connectivity index (χ4n) is 3.61. The average Bonchev–Trinajstić information content (AvgIpc) is 2.50. The van der Waals surface area contributed by atoms with E-state index in [0.717, 1.165) is 17.9 Å². The highest BCUT2D eigenvalue weighted by Gasteiger charge is 2.55. The third-order valence-electron chi connectivity index (χ3n) is 5.31. The van der Waals surface area contributed by atoms with E-state index in [9.17, 15) is 10.4 Å². The van der Waals surface area contributed by atoms with Crippen molar-refractivity contribution >= 4 is 0 Å². The first kappa shape index (κ1) is 14.4. The van der Waals surface area contributed by atoms with Crippen molar-refractivity contribution in [1.82, 2.24) is 4.90 Å². The number of nitrogens with zero attached hydrogens (tertiary/aromatic N) is 2. The van der Waals surface area contributed by atoms with Crippen LogP contribution in [0.25, 0.3) is 0 Å². The lowest BCUT2D eigenvalue weighted by molar-refractivity contribution is -0.124. The van der Waals surface area contributed by atoms with Crippen LogP contribution in [0.1, 0.15) is 25.3 Å². The van der Waals surface area contributed by atoms with Gasteiger partial charge >= 0.3 is 0 Å². The molecule has 0 amide bonds. The zero-order valence-electron chi connectivity index (χ0n) is 12.7. The van der Waals surface area contributed by atoms with Crippen LogP contribution in [-0.2, 0) is 6.42 Å². The van der Waals surface area contributed by atoms with E-state index in [1.165, 1.54) is 0 Å². The SMILES string of the molecule is CC1CC(O)(C2(C#N)COc3ccccc3C2)CCN1C. The number of rotatable bonds is 1. The van der Waals surface area contributed by atoms with Gasteiger partial charge in [-0.25, -0.2) is 0 Å². The molecule has 112 valence electrons. The van der Waals surface area contributed by atoms with Crippen molar-refractivity contribution in [2.24, 2.45) is 5.41 Å². The molecule has 1 aromatic carbocycles. The first-order valence-corrected chi connectivity index (χ1v) is 7.54. The predicted molar refractivity (Wildman–Crippen MR) is 80.0 cm³/mol. The molecule has 1 aromatic rings. The molecule has 2 aliphatic rings. The lowest BCUT2D eigenvalue weighted by Gasteiger charge is -2.50. The highest BCUT2D eigenvalue weighted by molar-refractivity contribution is 5.39. The Morgan fingerprint density at radius 1 is 1.43 bits per heavy atom. The lowest BCUT2D eigenvalue weighted by atomic mass is 9.63. The van der Waals surface area contributed by atoms with Gasteiger partial charge in [-0.15, -0.1) is 0 Å². The Morgan fingerprint density at radius 3 is 2.90 bits per heavy atom. The van der Waals surface area contributed by atoms with Crippen LogP contribution in [0.2, 0.25) is 0 Å². The molecule has 1 fully saturated rings. The molecule has 2 aliphatic heterocycles. The van der Waals surface area contributed by atoms with Crippen molar-refractivity contribution in [3.63, 3.8) is 0 Å². The van der Waals surface area contributed by atoms with Gasteiger partial charge in [-0.2, -0.15) is 5.26 Å². The molecule has 2 heterocycles. The number of likely N-dealkylation sites (tertiary alicyclic amines) is 1. The molecule has 0 aromatic heterocycles. The van der Waals surface area contributed by atoms with E-state index < -0.39 is 11.0 Å². The van der Waals surface area contributed by atoms with E-state index in [0.29, 0.717) is 19.3 Å². The predicted octanol–water partition coefficient (Wildman–Crippen LogP) is 1.98. The van der Waals surface area contributed by atoms with Gasteiger partial charge in [0.25, 0.3) is 0 Å². The average molecular weight is 286 g/mol. The summed E-state index contributed by atoms with van der Waals surface area (Å²) in [5, 5.41) is 21.1. The van der Waals surface area contributed by atoms with Gasteiger partial charge in [-0.1, -0.05) is 18.2 Å². The maximum atomic E-state index is 11.2. The van der Waals surface area contributed by atoms with Crippen LogP contribution in [-0.4, -0.2) is 41.8 Å². The van der Waals surface area contributed by atoms with Crippen molar-refractivity contribution in [2.75, 3.05) is 20.2 Å². The Balaban J connectivity index is 1.94. The summed E-state index contributed by atoms with van der Waals surface area (Å²) in [5.41, 5.74) is -0.816. The summed E-state index contributed by atoms with van der Waals surface area (Å²) in [4.78, 5) is 2.23. The smallest absolute Gasteiger partial charge is 0.124 e. The summed E-state index contributed by atoms with van der Waals surface area (Å²) in [6, 6.07) is 10.5. The van der Waals surface area contributed by atoms with Crippen molar-refractivity contribution in [3.8, 4) is 11.8 Å². The van der Waals surface area contributed by atoms with E-state index in [4.69, 9.17) is 4.74 Å². The Labute approximate surface area is 125 Å². The zero-order valence-corrected chi connectivity index (χ0v) is 12.7. The van der Waals surface area contributed by atoms with Gasteiger partial charge in [0.05, 0.1) is 11.7 Å².